The standard InChI is InChI=1S/C18H25F3N6O/c1-10(2)8-25(4)17(28)14-7-16-22-13(12-9-26(5)23-11(12)3)6-15(18(19,20)21)27(16)24-14/h7,9-10,13,15,22H,6,8H2,1-5H3/t13-,15+/m0/s1. The van der Waals surface area contributed by atoms with Crippen molar-refractivity contribution in [1.29, 1.82) is 0 Å². The molecule has 28 heavy (non-hydrogen) atoms. The van der Waals surface area contributed by atoms with E-state index < -0.39 is 24.2 Å². The van der Waals surface area contributed by atoms with Crippen molar-refractivity contribution in [3.63, 3.8) is 0 Å². The highest BCUT2D eigenvalue weighted by Gasteiger charge is 2.47. The quantitative estimate of drug-likeness (QED) is 0.858. The average Bonchev–Trinajstić information content (AvgIpc) is 3.14. The van der Waals surface area contributed by atoms with Crippen molar-refractivity contribution in [3.8, 4) is 0 Å². The lowest BCUT2D eigenvalue weighted by atomic mass is 9.97. The van der Waals surface area contributed by atoms with Gasteiger partial charge in [0.25, 0.3) is 5.91 Å². The van der Waals surface area contributed by atoms with Gasteiger partial charge in [0.1, 0.15) is 5.82 Å². The molecule has 7 nitrogen and oxygen atoms in total. The van der Waals surface area contributed by atoms with Gasteiger partial charge in [-0.15, -0.1) is 0 Å². The van der Waals surface area contributed by atoms with Crippen LogP contribution in [-0.4, -0.2) is 50.1 Å². The van der Waals surface area contributed by atoms with Crippen molar-refractivity contribution in [2.75, 3.05) is 18.9 Å². The maximum absolute atomic E-state index is 13.8. The molecule has 0 aromatic carbocycles. The molecule has 10 heteroatoms. The Labute approximate surface area is 161 Å². The first kappa shape index (κ1) is 20.2. The fourth-order valence-corrected chi connectivity index (χ4v) is 3.67. The van der Waals surface area contributed by atoms with Gasteiger partial charge < -0.3 is 10.2 Å². The van der Waals surface area contributed by atoms with Gasteiger partial charge in [-0.3, -0.25) is 9.48 Å². The molecule has 2 aromatic heterocycles. The summed E-state index contributed by atoms with van der Waals surface area (Å²) in [6.45, 7) is 6.18. The summed E-state index contributed by atoms with van der Waals surface area (Å²) in [7, 11) is 3.35. The molecule has 3 rings (SSSR count). The van der Waals surface area contributed by atoms with E-state index in [0.717, 1.165) is 4.68 Å². The van der Waals surface area contributed by atoms with Crippen molar-refractivity contribution < 1.29 is 18.0 Å². The van der Waals surface area contributed by atoms with Crippen molar-refractivity contribution >= 4 is 11.7 Å². The summed E-state index contributed by atoms with van der Waals surface area (Å²) in [5.41, 5.74) is 1.37. The minimum Gasteiger partial charge on any atom is -0.363 e. The van der Waals surface area contributed by atoms with Crippen LogP contribution in [0, 0.1) is 12.8 Å². The zero-order chi connectivity index (χ0) is 20.8. The topological polar surface area (TPSA) is 68.0 Å². The Morgan fingerprint density at radius 2 is 2.07 bits per heavy atom. The molecule has 0 bridgehead atoms. The van der Waals surface area contributed by atoms with Crippen LogP contribution in [0.2, 0.25) is 0 Å². The number of carbonyl (C=O) groups is 1. The molecule has 0 unspecified atom stereocenters. The van der Waals surface area contributed by atoms with E-state index in [0.29, 0.717) is 17.8 Å². The number of alkyl halides is 3. The number of anilines is 1. The summed E-state index contributed by atoms with van der Waals surface area (Å²) in [6.07, 6.45) is -2.99. The molecule has 154 valence electrons. The Balaban J connectivity index is 1.96. The largest absolute Gasteiger partial charge is 0.410 e. The van der Waals surface area contributed by atoms with E-state index in [1.807, 2.05) is 13.8 Å². The van der Waals surface area contributed by atoms with E-state index in [1.165, 1.54) is 11.0 Å². The van der Waals surface area contributed by atoms with Gasteiger partial charge in [-0.2, -0.15) is 23.4 Å². The second-order valence-corrected chi connectivity index (χ2v) is 7.77. The summed E-state index contributed by atoms with van der Waals surface area (Å²) in [5, 5.41) is 11.3. The first-order valence-corrected chi connectivity index (χ1v) is 9.15. The van der Waals surface area contributed by atoms with E-state index in [4.69, 9.17) is 0 Å². The minimum absolute atomic E-state index is 0.00320. The number of aromatic nitrogens is 4. The van der Waals surface area contributed by atoms with Crippen molar-refractivity contribution in [2.24, 2.45) is 13.0 Å². The Bertz CT molecular complexity index is 869. The fourth-order valence-electron chi connectivity index (χ4n) is 3.67. The zero-order valence-corrected chi connectivity index (χ0v) is 16.6. The lowest BCUT2D eigenvalue weighted by Gasteiger charge is -2.33. The lowest BCUT2D eigenvalue weighted by Crippen LogP contribution is -2.36. The third kappa shape index (κ3) is 3.85. The van der Waals surface area contributed by atoms with Gasteiger partial charge in [-0.1, -0.05) is 13.8 Å². The summed E-state index contributed by atoms with van der Waals surface area (Å²) >= 11 is 0. The van der Waals surface area contributed by atoms with Crippen LogP contribution in [0.1, 0.15) is 54.1 Å². The van der Waals surface area contributed by atoms with Crippen LogP contribution in [0.3, 0.4) is 0 Å². The molecule has 0 radical (unpaired) electrons. The number of amides is 1. The number of nitrogens with one attached hydrogen (secondary N) is 1. The molecule has 3 heterocycles. The second-order valence-electron chi connectivity index (χ2n) is 7.77. The van der Waals surface area contributed by atoms with E-state index in [9.17, 15) is 18.0 Å². The predicted molar refractivity (Wildman–Crippen MR) is 98.0 cm³/mol. The third-order valence-electron chi connectivity index (χ3n) is 4.82. The molecule has 0 saturated carbocycles. The second kappa shape index (κ2) is 7.14. The van der Waals surface area contributed by atoms with Crippen LogP contribution in [0.5, 0.6) is 0 Å². The summed E-state index contributed by atoms with van der Waals surface area (Å²) in [4.78, 5) is 14.1. The molecule has 1 aliphatic rings. The number of hydrogen-bond donors (Lipinski definition) is 1. The molecule has 1 N–H and O–H groups in total. The molecule has 2 aromatic rings. The normalized spacial score (nSPS) is 19.5. The Morgan fingerprint density at radius 3 is 2.61 bits per heavy atom. The summed E-state index contributed by atoms with van der Waals surface area (Å²) in [6, 6.07) is -0.985. The molecule has 0 aliphatic carbocycles. The van der Waals surface area contributed by atoms with Crippen LogP contribution in [0.4, 0.5) is 19.0 Å². The summed E-state index contributed by atoms with van der Waals surface area (Å²) < 4.78 is 43.7. The molecule has 1 aliphatic heterocycles. The van der Waals surface area contributed by atoms with Crippen LogP contribution < -0.4 is 5.32 Å². The van der Waals surface area contributed by atoms with Crippen LogP contribution in [-0.2, 0) is 7.05 Å². The minimum atomic E-state index is -4.48. The van der Waals surface area contributed by atoms with E-state index in [1.54, 1.807) is 31.9 Å². The van der Waals surface area contributed by atoms with E-state index in [2.05, 4.69) is 15.5 Å². The Morgan fingerprint density at radius 1 is 1.39 bits per heavy atom. The molecule has 0 spiro atoms. The van der Waals surface area contributed by atoms with Crippen molar-refractivity contribution in [1.82, 2.24) is 24.5 Å². The van der Waals surface area contributed by atoms with Gasteiger partial charge in [-0.05, 0) is 12.8 Å². The van der Waals surface area contributed by atoms with Gasteiger partial charge in [0.05, 0.1) is 11.7 Å². The van der Waals surface area contributed by atoms with Crippen molar-refractivity contribution in [3.05, 3.63) is 29.2 Å². The monoisotopic (exact) mass is 398 g/mol. The Kier molecular flexibility index (Phi) is 5.16. The van der Waals surface area contributed by atoms with E-state index >= 15 is 0 Å². The summed E-state index contributed by atoms with van der Waals surface area (Å²) in [5.74, 6) is 0.0285. The number of rotatable bonds is 4. The maximum Gasteiger partial charge on any atom is 0.410 e. The zero-order valence-electron chi connectivity index (χ0n) is 16.6. The molecule has 1 amide bonds. The number of hydrogen-bond acceptors (Lipinski definition) is 4. The number of halogens is 3. The molecular weight excluding hydrogens is 373 g/mol. The number of aryl methyl sites for hydroxylation is 2. The first-order chi connectivity index (χ1) is 13.0. The van der Waals surface area contributed by atoms with Gasteiger partial charge in [0.15, 0.2) is 11.7 Å². The highest BCUT2D eigenvalue weighted by molar-refractivity contribution is 5.93. The van der Waals surface area contributed by atoms with Crippen molar-refractivity contribution in [2.45, 2.75) is 45.5 Å². The number of carbonyl (C=O) groups excluding carboxylic acids is 1. The van der Waals surface area contributed by atoms with Crippen LogP contribution in [0.25, 0.3) is 0 Å². The molecule has 0 saturated heterocycles. The maximum atomic E-state index is 13.8. The van der Waals surface area contributed by atoms with Crippen LogP contribution in [0.15, 0.2) is 12.3 Å². The molecule has 0 fully saturated rings. The molecule has 2 atom stereocenters. The Hall–Kier alpha value is -2.52. The van der Waals surface area contributed by atoms with Gasteiger partial charge in [0.2, 0.25) is 0 Å². The first-order valence-electron chi connectivity index (χ1n) is 9.15. The molecular formula is C18H25F3N6O. The predicted octanol–water partition coefficient (Wildman–Crippen LogP) is 3.31. The smallest absolute Gasteiger partial charge is 0.363 e. The fraction of sp³-hybridized carbons (Fsp3) is 0.611. The SMILES string of the molecule is Cc1nn(C)cc1[C@@H]1C[C@H](C(F)(F)F)n2nc(C(=O)N(C)CC(C)C)cc2N1. The average molecular weight is 398 g/mol. The number of fused-ring (bicyclic) bond motifs is 1. The lowest BCUT2D eigenvalue weighted by molar-refractivity contribution is -0.173. The highest BCUT2D eigenvalue weighted by atomic mass is 19.4. The van der Waals surface area contributed by atoms with Gasteiger partial charge >= 0.3 is 6.18 Å². The third-order valence-corrected chi connectivity index (χ3v) is 4.82. The van der Waals surface area contributed by atoms with Crippen LogP contribution >= 0.6 is 0 Å². The highest BCUT2D eigenvalue weighted by Crippen LogP contribution is 2.44. The van der Waals surface area contributed by atoms with Gasteiger partial charge in [-0.25, -0.2) is 4.68 Å². The van der Waals surface area contributed by atoms with Gasteiger partial charge in [0, 0.05) is 44.9 Å². The van der Waals surface area contributed by atoms with E-state index in [-0.39, 0.29) is 23.9 Å². The number of nitrogens with zero attached hydrogens (tertiary/aromatic N) is 5.